The maximum absolute atomic E-state index is 12.9. The van der Waals surface area contributed by atoms with Gasteiger partial charge in [-0.1, -0.05) is 23.7 Å². The number of hydrogen-bond donors (Lipinski definition) is 0. The van der Waals surface area contributed by atoms with Gasteiger partial charge in [0.05, 0.1) is 19.1 Å². The molecule has 0 aliphatic carbocycles. The fourth-order valence-electron chi connectivity index (χ4n) is 3.86. The van der Waals surface area contributed by atoms with Crippen molar-refractivity contribution in [2.24, 2.45) is 5.92 Å². The topological polar surface area (TPSA) is 53.1 Å². The number of halogens is 1. The minimum Gasteiger partial charge on any atom is -0.379 e. The molecule has 28 heavy (non-hydrogen) atoms. The molecule has 6 nitrogen and oxygen atoms in total. The summed E-state index contributed by atoms with van der Waals surface area (Å²) >= 11 is 5.93. The van der Waals surface area contributed by atoms with E-state index in [1.807, 2.05) is 36.2 Å². The second kappa shape index (κ2) is 10.2. The lowest BCUT2D eigenvalue weighted by molar-refractivity contribution is -0.142. The van der Waals surface area contributed by atoms with Crippen LogP contribution in [-0.2, 0) is 20.9 Å². The predicted molar refractivity (Wildman–Crippen MR) is 109 cm³/mol. The Labute approximate surface area is 172 Å². The smallest absolute Gasteiger partial charge is 0.227 e. The van der Waals surface area contributed by atoms with Crippen molar-refractivity contribution in [2.75, 3.05) is 53.0 Å². The number of carbonyl (C=O) groups is 2. The number of carbonyl (C=O) groups excluding carboxylic acids is 2. The van der Waals surface area contributed by atoms with Gasteiger partial charge in [0.1, 0.15) is 0 Å². The van der Waals surface area contributed by atoms with Gasteiger partial charge in [-0.05, 0) is 30.5 Å². The first-order valence-corrected chi connectivity index (χ1v) is 10.5. The average Bonchev–Trinajstić information content (AvgIpc) is 2.71. The number of ether oxygens (including phenoxy) is 1. The fourth-order valence-corrected chi connectivity index (χ4v) is 3.98. The van der Waals surface area contributed by atoms with Crippen LogP contribution in [-0.4, -0.2) is 79.5 Å². The van der Waals surface area contributed by atoms with Gasteiger partial charge in [0.25, 0.3) is 0 Å². The third-order valence-corrected chi connectivity index (χ3v) is 5.84. The van der Waals surface area contributed by atoms with Gasteiger partial charge in [0.2, 0.25) is 11.8 Å². The van der Waals surface area contributed by atoms with Crippen molar-refractivity contribution < 1.29 is 14.3 Å². The third-order valence-electron chi connectivity index (χ3n) is 5.58. The highest BCUT2D eigenvalue weighted by Crippen LogP contribution is 2.22. The molecule has 2 amide bonds. The molecule has 0 N–H and O–H groups in total. The first-order valence-electron chi connectivity index (χ1n) is 10.1. The van der Waals surface area contributed by atoms with E-state index >= 15 is 0 Å². The van der Waals surface area contributed by atoms with E-state index in [1.54, 1.807) is 4.90 Å². The van der Waals surface area contributed by atoms with Gasteiger partial charge < -0.3 is 14.5 Å². The molecule has 2 fully saturated rings. The van der Waals surface area contributed by atoms with Crippen LogP contribution in [0.5, 0.6) is 0 Å². The maximum Gasteiger partial charge on any atom is 0.227 e. The maximum atomic E-state index is 12.9. The number of hydrogen-bond acceptors (Lipinski definition) is 4. The number of likely N-dealkylation sites (tertiary alicyclic amines) is 1. The molecule has 2 heterocycles. The van der Waals surface area contributed by atoms with Crippen LogP contribution in [0.1, 0.15) is 24.8 Å². The Morgan fingerprint density at radius 1 is 1.25 bits per heavy atom. The quantitative estimate of drug-likeness (QED) is 0.695. The largest absolute Gasteiger partial charge is 0.379 e. The molecular formula is C21H30ClN3O3. The summed E-state index contributed by atoms with van der Waals surface area (Å²) in [6.07, 6.45) is 2.04. The van der Waals surface area contributed by atoms with Crippen LogP contribution >= 0.6 is 11.6 Å². The standard InChI is InChI=1S/C21H30ClN3O3/c1-23(9-2-10-24-11-13-28-14-12-24)21(27)18-5-8-20(26)25(16-18)15-17-3-6-19(22)7-4-17/h3-4,6-7,18H,2,5,8-16H2,1H3. The van der Waals surface area contributed by atoms with E-state index in [1.165, 1.54) is 0 Å². The summed E-state index contributed by atoms with van der Waals surface area (Å²) in [6.45, 7) is 6.31. The van der Waals surface area contributed by atoms with Crippen LogP contribution in [0.25, 0.3) is 0 Å². The highest BCUT2D eigenvalue weighted by atomic mass is 35.5. The minimum absolute atomic E-state index is 0.113. The van der Waals surface area contributed by atoms with E-state index in [9.17, 15) is 9.59 Å². The van der Waals surface area contributed by atoms with Crippen LogP contribution in [0.2, 0.25) is 5.02 Å². The summed E-state index contributed by atoms with van der Waals surface area (Å²) in [6, 6.07) is 7.52. The van der Waals surface area contributed by atoms with Crippen LogP contribution in [0, 0.1) is 5.92 Å². The lowest BCUT2D eigenvalue weighted by Crippen LogP contribution is -2.46. The SMILES string of the molecule is CN(CCCN1CCOCC1)C(=O)C1CCC(=O)N(Cc2ccc(Cl)cc2)C1. The number of amides is 2. The summed E-state index contributed by atoms with van der Waals surface area (Å²) in [7, 11) is 1.88. The molecule has 2 saturated heterocycles. The van der Waals surface area contributed by atoms with E-state index in [2.05, 4.69) is 4.90 Å². The number of nitrogens with zero attached hydrogens (tertiary/aromatic N) is 3. The minimum atomic E-state index is -0.113. The van der Waals surface area contributed by atoms with Gasteiger partial charge in [-0.15, -0.1) is 0 Å². The van der Waals surface area contributed by atoms with E-state index in [0.717, 1.165) is 51.4 Å². The van der Waals surface area contributed by atoms with Crippen molar-refractivity contribution in [1.82, 2.24) is 14.7 Å². The first-order chi connectivity index (χ1) is 13.5. The van der Waals surface area contributed by atoms with Gasteiger partial charge in [-0.25, -0.2) is 0 Å². The summed E-state index contributed by atoms with van der Waals surface area (Å²) in [4.78, 5) is 31.2. The molecule has 154 valence electrons. The van der Waals surface area contributed by atoms with Crippen molar-refractivity contribution in [3.63, 3.8) is 0 Å². The lowest BCUT2D eigenvalue weighted by atomic mass is 9.95. The summed E-state index contributed by atoms with van der Waals surface area (Å²) < 4.78 is 5.37. The van der Waals surface area contributed by atoms with Gasteiger partial charge in [-0.3, -0.25) is 14.5 Å². The normalized spacial score (nSPS) is 21.0. The molecule has 1 aromatic carbocycles. The van der Waals surface area contributed by atoms with Crippen molar-refractivity contribution in [3.8, 4) is 0 Å². The van der Waals surface area contributed by atoms with Gasteiger partial charge in [-0.2, -0.15) is 0 Å². The Kier molecular flexibility index (Phi) is 7.71. The summed E-state index contributed by atoms with van der Waals surface area (Å²) in [5.74, 6) is 0.156. The predicted octanol–water partition coefficient (Wildman–Crippen LogP) is 2.26. The van der Waals surface area contributed by atoms with Crippen LogP contribution < -0.4 is 0 Å². The van der Waals surface area contributed by atoms with E-state index < -0.39 is 0 Å². The molecule has 1 atom stereocenters. The summed E-state index contributed by atoms with van der Waals surface area (Å²) in [5, 5.41) is 0.681. The Balaban J connectivity index is 1.47. The molecule has 0 bridgehead atoms. The molecule has 2 aliphatic heterocycles. The number of rotatable bonds is 7. The fraction of sp³-hybridized carbons (Fsp3) is 0.619. The number of benzene rings is 1. The molecule has 0 spiro atoms. The molecule has 2 aliphatic rings. The van der Waals surface area contributed by atoms with Crippen molar-refractivity contribution in [3.05, 3.63) is 34.9 Å². The highest BCUT2D eigenvalue weighted by Gasteiger charge is 2.31. The molecule has 1 aromatic rings. The molecule has 3 rings (SSSR count). The Morgan fingerprint density at radius 3 is 2.68 bits per heavy atom. The zero-order valence-corrected chi connectivity index (χ0v) is 17.4. The van der Waals surface area contributed by atoms with E-state index in [-0.39, 0.29) is 17.7 Å². The van der Waals surface area contributed by atoms with E-state index in [0.29, 0.717) is 31.0 Å². The molecule has 7 heteroatoms. The van der Waals surface area contributed by atoms with Crippen LogP contribution in [0.3, 0.4) is 0 Å². The van der Waals surface area contributed by atoms with Crippen molar-refractivity contribution >= 4 is 23.4 Å². The Morgan fingerprint density at radius 2 is 1.96 bits per heavy atom. The first kappa shape index (κ1) is 21.1. The third kappa shape index (κ3) is 5.93. The second-order valence-electron chi connectivity index (χ2n) is 7.70. The monoisotopic (exact) mass is 407 g/mol. The van der Waals surface area contributed by atoms with Crippen LogP contribution in [0.4, 0.5) is 0 Å². The highest BCUT2D eigenvalue weighted by molar-refractivity contribution is 6.30. The number of piperidine rings is 1. The average molecular weight is 408 g/mol. The molecule has 1 unspecified atom stereocenters. The van der Waals surface area contributed by atoms with Crippen molar-refractivity contribution in [2.45, 2.75) is 25.8 Å². The zero-order chi connectivity index (χ0) is 19.9. The van der Waals surface area contributed by atoms with Gasteiger partial charge >= 0.3 is 0 Å². The number of morpholine rings is 1. The Bertz CT molecular complexity index is 661. The van der Waals surface area contributed by atoms with Gasteiger partial charge in [0.15, 0.2) is 0 Å². The molecule has 0 radical (unpaired) electrons. The van der Waals surface area contributed by atoms with Gasteiger partial charge in [0, 0.05) is 57.8 Å². The molecular weight excluding hydrogens is 378 g/mol. The Hall–Kier alpha value is -1.63. The zero-order valence-electron chi connectivity index (χ0n) is 16.6. The van der Waals surface area contributed by atoms with Crippen LogP contribution in [0.15, 0.2) is 24.3 Å². The van der Waals surface area contributed by atoms with E-state index in [4.69, 9.17) is 16.3 Å². The van der Waals surface area contributed by atoms with Crippen molar-refractivity contribution in [1.29, 1.82) is 0 Å². The molecule has 0 saturated carbocycles. The molecule has 0 aromatic heterocycles. The summed E-state index contributed by atoms with van der Waals surface area (Å²) in [5.41, 5.74) is 1.03. The lowest BCUT2D eigenvalue weighted by Gasteiger charge is -2.34. The second-order valence-corrected chi connectivity index (χ2v) is 8.14.